The zero-order chi connectivity index (χ0) is 18.4. The Hall–Kier alpha value is -1.46. The molecule has 0 aromatic heterocycles. The van der Waals surface area contributed by atoms with Crippen LogP contribution in [0.1, 0.15) is 29.3 Å². The first-order chi connectivity index (χ1) is 12.0. The molecule has 0 bridgehead atoms. The van der Waals surface area contributed by atoms with Gasteiger partial charge in [0.2, 0.25) is 0 Å². The normalized spacial score (nSPS) is 10.6. The second-order valence-corrected chi connectivity index (χ2v) is 6.50. The fourth-order valence-corrected chi connectivity index (χ4v) is 2.77. The Morgan fingerprint density at radius 3 is 2.48 bits per heavy atom. The lowest BCUT2D eigenvalue weighted by Gasteiger charge is -2.12. The number of carbonyl (C=O) groups is 1. The number of carbonyl (C=O) groups excluding carboxylic acids is 1. The number of benzene rings is 2. The monoisotopic (exact) mass is 401 g/mol. The molecule has 0 spiro atoms. The van der Waals surface area contributed by atoms with Gasteiger partial charge in [-0.15, -0.1) is 0 Å². The number of hydrogen-bond acceptors (Lipinski definition) is 3. The summed E-state index contributed by atoms with van der Waals surface area (Å²) >= 11 is 18.0. The SMILES string of the molecule is CCCOCc1cc(C(=O)Nc2cc(Cl)c(Cl)cc2Cl)ccc1OC. The lowest BCUT2D eigenvalue weighted by Crippen LogP contribution is -2.13. The van der Waals surface area contributed by atoms with E-state index in [-0.39, 0.29) is 5.91 Å². The van der Waals surface area contributed by atoms with Crippen molar-refractivity contribution in [3.63, 3.8) is 0 Å². The van der Waals surface area contributed by atoms with Crippen LogP contribution in [0.2, 0.25) is 15.1 Å². The predicted molar refractivity (Wildman–Crippen MR) is 102 cm³/mol. The molecule has 0 aliphatic carbocycles. The molecule has 1 N–H and O–H groups in total. The van der Waals surface area contributed by atoms with Crippen LogP contribution in [0.4, 0.5) is 5.69 Å². The van der Waals surface area contributed by atoms with Crippen LogP contribution >= 0.6 is 34.8 Å². The molecule has 7 heteroatoms. The molecule has 25 heavy (non-hydrogen) atoms. The van der Waals surface area contributed by atoms with Crippen LogP contribution in [0.15, 0.2) is 30.3 Å². The molecular weight excluding hydrogens is 385 g/mol. The predicted octanol–water partition coefficient (Wildman–Crippen LogP) is 5.83. The van der Waals surface area contributed by atoms with Crippen molar-refractivity contribution < 1.29 is 14.3 Å². The number of amides is 1. The third-order valence-corrected chi connectivity index (χ3v) is 4.44. The Labute approximate surface area is 162 Å². The van der Waals surface area contributed by atoms with Crippen LogP contribution in [0.3, 0.4) is 0 Å². The summed E-state index contributed by atoms with van der Waals surface area (Å²) < 4.78 is 10.9. The van der Waals surface area contributed by atoms with Crippen LogP contribution in [0.5, 0.6) is 5.75 Å². The smallest absolute Gasteiger partial charge is 0.255 e. The van der Waals surface area contributed by atoms with E-state index in [4.69, 9.17) is 44.3 Å². The molecule has 2 aromatic rings. The molecule has 2 rings (SSSR count). The van der Waals surface area contributed by atoms with Crippen molar-refractivity contribution in [2.45, 2.75) is 20.0 Å². The molecular formula is C18H18Cl3NO3. The highest BCUT2D eigenvalue weighted by atomic mass is 35.5. The van der Waals surface area contributed by atoms with Crippen LogP contribution < -0.4 is 10.1 Å². The summed E-state index contributed by atoms with van der Waals surface area (Å²) in [4.78, 5) is 12.5. The van der Waals surface area contributed by atoms with Gasteiger partial charge in [0.25, 0.3) is 5.91 Å². The number of anilines is 1. The van der Waals surface area contributed by atoms with Crippen molar-refractivity contribution in [1.29, 1.82) is 0 Å². The highest BCUT2D eigenvalue weighted by Crippen LogP contribution is 2.32. The van der Waals surface area contributed by atoms with Gasteiger partial charge in [0.1, 0.15) is 5.75 Å². The highest BCUT2D eigenvalue weighted by molar-refractivity contribution is 6.44. The molecule has 2 aromatic carbocycles. The Balaban J connectivity index is 2.21. The number of halogens is 3. The molecule has 0 fully saturated rings. The number of rotatable bonds is 7. The topological polar surface area (TPSA) is 47.6 Å². The van der Waals surface area contributed by atoms with Crippen LogP contribution in [0, 0.1) is 0 Å². The average Bonchev–Trinajstić information content (AvgIpc) is 2.59. The summed E-state index contributed by atoms with van der Waals surface area (Å²) in [5, 5.41) is 3.67. The fourth-order valence-electron chi connectivity index (χ4n) is 2.17. The maximum Gasteiger partial charge on any atom is 0.255 e. The zero-order valence-corrected chi connectivity index (χ0v) is 16.1. The van der Waals surface area contributed by atoms with Gasteiger partial charge in [0.05, 0.1) is 34.5 Å². The maximum absolute atomic E-state index is 12.5. The minimum Gasteiger partial charge on any atom is -0.496 e. The van der Waals surface area contributed by atoms with Crippen molar-refractivity contribution in [1.82, 2.24) is 0 Å². The van der Waals surface area contributed by atoms with Gasteiger partial charge in [-0.2, -0.15) is 0 Å². The van der Waals surface area contributed by atoms with Gasteiger partial charge in [-0.3, -0.25) is 4.79 Å². The largest absolute Gasteiger partial charge is 0.496 e. The third kappa shape index (κ3) is 5.25. The van der Waals surface area contributed by atoms with Crippen molar-refractivity contribution >= 4 is 46.4 Å². The van der Waals surface area contributed by atoms with E-state index >= 15 is 0 Å². The summed E-state index contributed by atoms with van der Waals surface area (Å²) in [5.74, 6) is 0.347. The number of nitrogens with one attached hydrogen (secondary N) is 1. The first kappa shape index (κ1) is 19.9. The summed E-state index contributed by atoms with van der Waals surface area (Å²) in [6.45, 7) is 3.03. The van der Waals surface area contributed by atoms with Crippen molar-refractivity contribution in [3.05, 3.63) is 56.5 Å². The van der Waals surface area contributed by atoms with Gasteiger partial charge in [-0.25, -0.2) is 0 Å². The maximum atomic E-state index is 12.5. The molecule has 0 saturated heterocycles. The van der Waals surface area contributed by atoms with Crippen molar-refractivity contribution in [2.24, 2.45) is 0 Å². The average molecular weight is 403 g/mol. The fraction of sp³-hybridized carbons (Fsp3) is 0.278. The van der Waals surface area contributed by atoms with Crippen LogP contribution in [-0.4, -0.2) is 19.6 Å². The van der Waals surface area contributed by atoms with Gasteiger partial charge >= 0.3 is 0 Å². The number of hydrogen-bond donors (Lipinski definition) is 1. The van der Waals surface area contributed by atoms with E-state index in [0.29, 0.717) is 45.3 Å². The van der Waals surface area contributed by atoms with Gasteiger partial charge < -0.3 is 14.8 Å². The molecule has 134 valence electrons. The number of methoxy groups -OCH3 is 1. The molecule has 0 radical (unpaired) electrons. The Kier molecular flexibility index (Phi) is 7.38. The van der Waals surface area contributed by atoms with Crippen LogP contribution in [-0.2, 0) is 11.3 Å². The van der Waals surface area contributed by atoms with Gasteiger partial charge in [-0.05, 0) is 36.8 Å². The quantitative estimate of drug-likeness (QED) is 0.468. The van der Waals surface area contributed by atoms with E-state index in [0.717, 1.165) is 12.0 Å². The van der Waals surface area contributed by atoms with E-state index < -0.39 is 0 Å². The van der Waals surface area contributed by atoms with Gasteiger partial charge in [0, 0.05) is 17.7 Å². The molecule has 0 saturated carbocycles. The summed E-state index contributed by atoms with van der Waals surface area (Å²) in [5.41, 5.74) is 1.64. The highest BCUT2D eigenvalue weighted by Gasteiger charge is 2.13. The molecule has 4 nitrogen and oxygen atoms in total. The number of ether oxygens (including phenoxy) is 2. The summed E-state index contributed by atoms with van der Waals surface area (Å²) in [6, 6.07) is 8.13. The molecule has 0 unspecified atom stereocenters. The Morgan fingerprint density at radius 1 is 1.08 bits per heavy atom. The lowest BCUT2D eigenvalue weighted by molar-refractivity contribution is 0.102. The minimum absolute atomic E-state index is 0.308. The standard InChI is InChI=1S/C18H18Cl3NO3/c1-3-6-25-10-12-7-11(4-5-17(12)24-2)18(23)22-16-9-14(20)13(19)8-15(16)21/h4-5,7-9H,3,6,10H2,1-2H3,(H,22,23). The van der Waals surface area contributed by atoms with Gasteiger partial charge in [-0.1, -0.05) is 41.7 Å². The van der Waals surface area contributed by atoms with Gasteiger partial charge in [0.15, 0.2) is 0 Å². The van der Waals surface area contributed by atoms with Crippen molar-refractivity contribution in [2.75, 3.05) is 19.0 Å². The van der Waals surface area contributed by atoms with E-state index in [1.54, 1.807) is 25.3 Å². The lowest BCUT2D eigenvalue weighted by atomic mass is 10.1. The molecule has 0 aliphatic heterocycles. The second-order valence-electron chi connectivity index (χ2n) is 5.28. The Morgan fingerprint density at radius 2 is 1.80 bits per heavy atom. The van der Waals surface area contributed by atoms with E-state index in [1.165, 1.54) is 12.1 Å². The first-order valence-electron chi connectivity index (χ1n) is 7.66. The van der Waals surface area contributed by atoms with E-state index in [1.807, 2.05) is 6.92 Å². The molecule has 1 amide bonds. The zero-order valence-electron chi connectivity index (χ0n) is 13.9. The second kappa shape index (κ2) is 9.30. The molecule has 0 aliphatic rings. The molecule has 0 heterocycles. The minimum atomic E-state index is -0.320. The van der Waals surface area contributed by atoms with Crippen molar-refractivity contribution in [3.8, 4) is 5.75 Å². The first-order valence-corrected chi connectivity index (χ1v) is 8.80. The van der Waals surface area contributed by atoms with Crippen LogP contribution in [0.25, 0.3) is 0 Å². The van der Waals surface area contributed by atoms with E-state index in [2.05, 4.69) is 5.32 Å². The summed E-state index contributed by atoms with van der Waals surface area (Å²) in [6.07, 6.45) is 0.915. The third-order valence-electron chi connectivity index (χ3n) is 3.41. The summed E-state index contributed by atoms with van der Waals surface area (Å²) in [7, 11) is 1.58. The molecule has 0 atom stereocenters. The Bertz CT molecular complexity index is 765. The van der Waals surface area contributed by atoms with E-state index in [9.17, 15) is 4.79 Å².